The van der Waals surface area contributed by atoms with Crippen LogP contribution in [0.2, 0.25) is 0 Å². The van der Waals surface area contributed by atoms with Gasteiger partial charge in [-0.25, -0.2) is 4.98 Å². The van der Waals surface area contributed by atoms with Gasteiger partial charge in [0, 0.05) is 12.4 Å². The highest BCUT2D eigenvalue weighted by atomic mass is 19.1. The van der Waals surface area contributed by atoms with Gasteiger partial charge in [-0.05, 0) is 18.2 Å². The number of halogens is 1. The molecule has 4 nitrogen and oxygen atoms in total. The van der Waals surface area contributed by atoms with E-state index in [1.165, 1.54) is 12.3 Å². The van der Waals surface area contributed by atoms with Gasteiger partial charge in [-0.3, -0.25) is 5.10 Å². The molecule has 2 heterocycles. The van der Waals surface area contributed by atoms with Gasteiger partial charge in [0.05, 0.1) is 5.69 Å². The predicted molar refractivity (Wildman–Crippen MR) is 47.1 cm³/mol. The lowest BCUT2D eigenvalue weighted by Crippen LogP contribution is -1.98. The molecule has 5 heteroatoms. The topological polar surface area (TPSA) is 50.8 Å². The summed E-state index contributed by atoms with van der Waals surface area (Å²) >= 11 is 0. The van der Waals surface area contributed by atoms with Crippen molar-refractivity contribution in [1.82, 2.24) is 15.2 Å². The van der Waals surface area contributed by atoms with Crippen molar-refractivity contribution < 1.29 is 9.13 Å². The van der Waals surface area contributed by atoms with Gasteiger partial charge in [0.15, 0.2) is 5.75 Å². The van der Waals surface area contributed by atoms with Crippen LogP contribution in [0.5, 0.6) is 5.75 Å². The SMILES string of the molecule is Fc1ncccc1OCc1ccn[nH]1. The molecule has 2 aromatic heterocycles. The Hall–Kier alpha value is -1.91. The minimum Gasteiger partial charge on any atom is -0.483 e. The van der Waals surface area contributed by atoms with Crippen molar-refractivity contribution in [2.24, 2.45) is 0 Å². The molecule has 1 N–H and O–H groups in total. The highest BCUT2D eigenvalue weighted by molar-refractivity contribution is 5.18. The van der Waals surface area contributed by atoms with Gasteiger partial charge >= 0.3 is 0 Å². The van der Waals surface area contributed by atoms with Gasteiger partial charge in [0.2, 0.25) is 0 Å². The Labute approximate surface area is 79.7 Å². The van der Waals surface area contributed by atoms with Crippen LogP contribution in [-0.4, -0.2) is 15.2 Å². The molecule has 0 spiro atoms. The van der Waals surface area contributed by atoms with E-state index in [0.29, 0.717) is 0 Å². The van der Waals surface area contributed by atoms with Crippen molar-refractivity contribution in [1.29, 1.82) is 0 Å². The van der Waals surface area contributed by atoms with Crippen LogP contribution in [0, 0.1) is 5.95 Å². The highest BCUT2D eigenvalue weighted by Gasteiger charge is 2.03. The van der Waals surface area contributed by atoms with Crippen molar-refractivity contribution >= 4 is 0 Å². The maximum absolute atomic E-state index is 13.0. The zero-order valence-electron chi connectivity index (χ0n) is 7.27. The molecule has 0 aromatic carbocycles. The molecular formula is C9H8FN3O. The van der Waals surface area contributed by atoms with Crippen LogP contribution >= 0.6 is 0 Å². The standard InChI is InChI=1S/C9H8FN3O/c10-9-8(2-1-4-11-9)14-6-7-3-5-12-13-7/h1-5H,6H2,(H,12,13). The summed E-state index contributed by atoms with van der Waals surface area (Å²) in [4.78, 5) is 3.46. The van der Waals surface area contributed by atoms with E-state index in [2.05, 4.69) is 15.2 Å². The number of rotatable bonds is 3. The fraction of sp³-hybridized carbons (Fsp3) is 0.111. The average Bonchev–Trinajstić information content (AvgIpc) is 2.69. The Morgan fingerprint density at radius 3 is 3.00 bits per heavy atom. The zero-order valence-corrected chi connectivity index (χ0v) is 7.27. The van der Waals surface area contributed by atoms with Crippen molar-refractivity contribution in [3.05, 3.63) is 42.2 Å². The molecule has 2 aromatic rings. The number of nitrogens with one attached hydrogen (secondary N) is 1. The van der Waals surface area contributed by atoms with Gasteiger partial charge in [-0.1, -0.05) is 0 Å². The van der Waals surface area contributed by atoms with E-state index in [1.807, 2.05) is 0 Å². The Kier molecular flexibility index (Phi) is 2.40. The molecule has 0 radical (unpaired) electrons. The molecule has 0 atom stereocenters. The van der Waals surface area contributed by atoms with E-state index < -0.39 is 5.95 Å². The van der Waals surface area contributed by atoms with Crippen molar-refractivity contribution in [2.75, 3.05) is 0 Å². The summed E-state index contributed by atoms with van der Waals surface area (Å²) in [6.45, 7) is 0.253. The first-order valence-corrected chi connectivity index (χ1v) is 4.08. The third-order valence-electron chi connectivity index (χ3n) is 1.67. The lowest BCUT2D eigenvalue weighted by molar-refractivity contribution is 0.281. The first-order chi connectivity index (χ1) is 6.86. The minimum absolute atomic E-state index is 0.141. The largest absolute Gasteiger partial charge is 0.483 e. The number of pyridine rings is 1. The van der Waals surface area contributed by atoms with Crippen LogP contribution < -0.4 is 4.74 Å². The molecule has 14 heavy (non-hydrogen) atoms. The van der Waals surface area contributed by atoms with Crippen molar-refractivity contribution in [3.8, 4) is 5.75 Å². The van der Waals surface area contributed by atoms with Crippen LogP contribution in [0.3, 0.4) is 0 Å². The third-order valence-corrected chi connectivity index (χ3v) is 1.67. The second-order valence-electron chi connectivity index (χ2n) is 2.66. The van der Waals surface area contributed by atoms with E-state index in [9.17, 15) is 4.39 Å². The molecule has 0 saturated heterocycles. The number of aromatic nitrogens is 3. The fourth-order valence-electron chi connectivity index (χ4n) is 1.000. The summed E-state index contributed by atoms with van der Waals surface area (Å²) in [5, 5.41) is 6.45. The monoisotopic (exact) mass is 193 g/mol. The first kappa shape index (κ1) is 8.68. The van der Waals surface area contributed by atoms with Crippen LogP contribution in [0.15, 0.2) is 30.6 Å². The summed E-state index contributed by atoms with van der Waals surface area (Å²) in [5.74, 6) is -0.464. The third kappa shape index (κ3) is 1.87. The number of nitrogens with zero attached hydrogens (tertiary/aromatic N) is 2. The number of aromatic amines is 1. The maximum Gasteiger partial charge on any atom is 0.255 e. The van der Waals surface area contributed by atoms with E-state index in [0.717, 1.165) is 5.69 Å². The molecule has 0 aliphatic heterocycles. The Morgan fingerprint density at radius 1 is 1.36 bits per heavy atom. The van der Waals surface area contributed by atoms with Crippen molar-refractivity contribution in [2.45, 2.75) is 6.61 Å². The molecule has 0 saturated carbocycles. The molecular weight excluding hydrogens is 185 g/mol. The molecule has 72 valence electrons. The Bertz CT molecular complexity index is 402. The number of hydrogen-bond acceptors (Lipinski definition) is 3. The van der Waals surface area contributed by atoms with Gasteiger partial charge in [-0.2, -0.15) is 9.49 Å². The predicted octanol–water partition coefficient (Wildman–Crippen LogP) is 1.52. The highest BCUT2D eigenvalue weighted by Crippen LogP contribution is 2.13. The van der Waals surface area contributed by atoms with Crippen LogP contribution in [-0.2, 0) is 6.61 Å². The van der Waals surface area contributed by atoms with Crippen LogP contribution in [0.25, 0.3) is 0 Å². The first-order valence-electron chi connectivity index (χ1n) is 4.08. The molecule has 0 amide bonds. The van der Waals surface area contributed by atoms with Crippen LogP contribution in [0.4, 0.5) is 4.39 Å². The lowest BCUT2D eigenvalue weighted by Gasteiger charge is -2.03. The molecule has 0 fully saturated rings. The second-order valence-corrected chi connectivity index (χ2v) is 2.66. The van der Waals surface area contributed by atoms with E-state index in [-0.39, 0.29) is 12.4 Å². The number of H-pyrrole nitrogens is 1. The summed E-state index contributed by atoms with van der Waals surface area (Å²) in [6, 6.07) is 4.90. The van der Waals surface area contributed by atoms with Crippen molar-refractivity contribution in [3.63, 3.8) is 0 Å². The average molecular weight is 193 g/mol. The Morgan fingerprint density at radius 2 is 2.29 bits per heavy atom. The fourth-order valence-corrected chi connectivity index (χ4v) is 1.000. The normalized spacial score (nSPS) is 10.1. The smallest absolute Gasteiger partial charge is 0.255 e. The molecule has 0 bridgehead atoms. The minimum atomic E-state index is -0.605. The molecule has 0 aliphatic carbocycles. The summed E-state index contributed by atoms with van der Waals surface area (Å²) in [7, 11) is 0. The molecule has 0 aliphatic rings. The zero-order chi connectivity index (χ0) is 9.80. The quantitative estimate of drug-likeness (QED) is 0.752. The van der Waals surface area contributed by atoms with E-state index in [1.54, 1.807) is 18.3 Å². The number of ether oxygens (including phenoxy) is 1. The van der Waals surface area contributed by atoms with Crippen LogP contribution in [0.1, 0.15) is 5.69 Å². The second kappa shape index (κ2) is 3.87. The van der Waals surface area contributed by atoms with Gasteiger partial charge in [0.1, 0.15) is 6.61 Å². The number of hydrogen-bond donors (Lipinski definition) is 1. The van der Waals surface area contributed by atoms with E-state index >= 15 is 0 Å². The summed E-state index contributed by atoms with van der Waals surface area (Å²) < 4.78 is 18.1. The van der Waals surface area contributed by atoms with Gasteiger partial charge in [-0.15, -0.1) is 0 Å². The summed E-state index contributed by atoms with van der Waals surface area (Å²) in [5.41, 5.74) is 0.785. The molecule has 2 rings (SSSR count). The Balaban J connectivity index is 2.02. The maximum atomic E-state index is 13.0. The van der Waals surface area contributed by atoms with Gasteiger partial charge in [0.25, 0.3) is 5.95 Å². The lowest BCUT2D eigenvalue weighted by atomic mass is 10.4. The molecule has 0 unspecified atom stereocenters. The van der Waals surface area contributed by atoms with Gasteiger partial charge < -0.3 is 4.74 Å². The van der Waals surface area contributed by atoms with E-state index in [4.69, 9.17) is 4.74 Å². The summed E-state index contributed by atoms with van der Waals surface area (Å²) in [6.07, 6.45) is 2.98.